The first-order valence-corrected chi connectivity index (χ1v) is 8.60. The van der Waals surface area contributed by atoms with Gasteiger partial charge in [-0.2, -0.15) is 0 Å². The molecule has 1 aromatic carbocycles. The number of nitrogens with one attached hydrogen (secondary N) is 1. The van der Waals surface area contributed by atoms with Gasteiger partial charge in [-0.15, -0.1) is 0 Å². The Morgan fingerprint density at radius 1 is 1.33 bits per heavy atom. The molecule has 24 heavy (non-hydrogen) atoms. The van der Waals surface area contributed by atoms with Crippen molar-refractivity contribution < 1.29 is 14.3 Å². The van der Waals surface area contributed by atoms with E-state index >= 15 is 0 Å². The van der Waals surface area contributed by atoms with E-state index in [1.807, 2.05) is 20.8 Å². The second-order valence-electron chi connectivity index (χ2n) is 7.45. The predicted octanol–water partition coefficient (Wildman–Crippen LogP) is 3.03. The third-order valence-electron chi connectivity index (χ3n) is 4.14. The topological polar surface area (TPSA) is 50.8 Å². The van der Waals surface area contributed by atoms with Gasteiger partial charge < -0.3 is 14.8 Å². The maximum Gasteiger partial charge on any atom is 0.410 e. The minimum atomic E-state index is -0.479. The fourth-order valence-electron chi connectivity index (χ4n) is 2.68. The number of nitrogens with zero attached hydrogens (tertiary/aromatic N) is 1. The molecule has 1 saturated heterocycles. The quantitative estimate of drug-likeness (QED) is 0.919. The molecule has 0 bridgehead atoms. The monoisotopic (exact) mass is 334 g/mol. The van der Waals surface area contributed by atoms with Gasteiger partial charge in [-0.25, -0.2) is 4.79 Å². The minimum absolute atomic E-state index is 0.000135. The Labute approximate surface area is 145 Å². The average molecular weight is 334 g/mol. The van der Waals surface area contributed by atoms with Crippen LogP contribution in [0.15, 0.2) is 18.2 Å². The molecule has 1 heterocycles. The summed E-state index contributed by atoms with van der Waals surface area (Å²) in [6, 6.07) is 6.48. The standard InChI is InChI=1S/C19H30N2O3/c1-14-6-7-16(10-15(14)2)11-20-12-17-13-23-9-8-21(17)18(22)24-19(3,4)5/h6-7,10,17,20H,8-9,11-13H2,1-5H3. The first-order valence-electron chi connectivity index (χ1n) is 8.60. The van der Waals surface area contributed by atoms with Crippen LogP contribution >= 0.6 is 0 Å². The zero-order valence-electron chi connectivity index (χ0n) is 15.5. The zero-order chi connectivity index (χ0) is 17.7. The molecule has 5 heteroatoms. The Balaban J connectivity index is 1.88. The molecule has 1 aliphatic heterocycles. The number of ether oxygens (including phenoxy) is 2. The molecule has 1 amide bonds. The molecular formula is C19H30N2O3. The van der Waals surface area contributed by atoms with Crippen LogP contribution in [0.3, 0.4) is 0 Å². The lowest BCUT2D eigenvalue weighted by molar-refractivity contribution is -0.0317. The molecular weight excluding hydrogens is 304 g/mol. The van der Waals surface area contributed by atoms with Crippen LogP contribution in [-0.2, 0) is 16.0 Å². The molecule has 134 valence electrons. The van der Waals surface area contributed by atoms with E-state index in [2.05, 4.69) is 37.4 Å². The van der Waals surface area contributed by atoms with E-state index < -0.39 is 5.60 Å². The Morgan fingerprint density at radius 3 is 2.75 bits per heavy atom. The first-order chi connectivity index (χ1) is 11.3. The molecule has 1 aromatic rings. The van der Waals surface area contributed by atoms with Crippen molar-refractivity contribution in [1.29, 1.82) is 0 Å². The normalized spacial score (nSPS) is 18.5. The minimum Gasteiger partial charge on any atom is -0.444 e. The third-order valence-corrected chi connectivity index (χ3v) is 4.14. The summed E-state index contributed by atoms with van der Waals surface area (Å²) in [5.41, 5.74) is 3.37. The van der Waals surface area contributed by atoms with Crippen molar-refractivity contribution >= 4 is 6.09 Å². The van der Waals surface area contributed by atoms with Gasteiger partial charge in [-0.05, 0) is 51.3 Å². The smallest absolute Gasteiger partial charge is 0.410 e. The van der Waals surface area contributed by atoms with Crippen LogP contribution in [0.2, 0.25) is 0 Å². The number of benzene rings is 1. The Bertz CT molecular complexity index is 566. The molecule has 1 unspecified atom stereocenters. The van der Waals surface area contributed by atoms with Gasteiger partial charge in [0.1, 0.15) is 5.60 Å². The highest BCUT2D eigenvalue weighted by atomic mass is 16.6. The van der Waals surface area contributed by atoms with Gasteiger partial charge in [0.2, 0.25) is 0 Å². The largest absolute Gasteiger partial charge is 0.444 e. The van der Waals surface area contributed by atoms with Crippen molar-refractivity contribution in [3.8, 4) is 0 Å². The van der Waals surface area contributed by atoms with Crippen molar-refractivity contribution in [3.63, 3.8) is 0 Å². The van der Waals surface area contributed by atoms with Crippen LogP contribution < -0.4 is 5.32 Å². The molecule has 1 N–H and O–H groups in total. The second kappa shape index (κ2) is 7.99. The van der Waals surface area contributed by atoms with Crippen molar-refractivity contribution in [2.75, 3.05) is 26.3 Å². The predicted molar refractivity (Wildman–Crippen MR) is 95.2 cm³/mol. The average Bonchev–Trinajstić information content (AvgIpc) is 2.49. The van der Waals surface area contributed by atoms with Crippen molar-refractivity contribution in [3.05, 3.63) is 34.9 Å². The highest BCUT2D eigenvalue weighted by Gasteiger charge is 2.30. The molecule has 0 aliphatic carbocycles. The van der Waals surface area contributed by atoms with E-state index in [1.165, 1.54) is 16.7 Å². The van der Waals surface area contributed by atoms with Crippen LogP contribution in [0.5, 0.6) is 0 Å². The van der Waals surface area contributed by atoms with E-state index in [9.17, 15) is 4.79 Å². The summed E-state index contributed by atoms with van der Waals surface area (Å²) in [6.07, 6.45) is -0.260. The number of rotatable bonds is 4. The number of amides is 1. The lowest BCUT2D eigenvalue weighted by atomic mass is 10.1. The summed E-state index contributed by atoms with van der Waals surface area (Å²) >= 11 is 0. The number of carbonyl (C=O) groups is 1. The van der Waals surface area contributed by atoms with E-state index in [4.69, 9.17) is 9.47 Å². The van der Waals surface area contributed by atoms with Gasteiger partial charge in [-0.3, -0.25) is 4.90 Å². The summed E-state index contributed by atoms with van der Waals surface area (Å²) in [7, 11) is 0. The van der Waals surface area contributed by atoms with Crippen molar-refractivity contribution in [2.24, 2.45) is 0 Å². The molecule has 5 nitrogen and oxygen atoms in total. The van der Waals surface area contributed by atoms with Gasteiger partial charge in [0.15, 0.2) is 0 Å². The Morgan fingerprint density at radius 2 is 2.08 bits per heavy atom. The van der Waals surface area contributed by atoms with Gasteiger partial charge >= 0.3 is 6.09 Å². The molecule has 0 saturated carbocycles. The highest BCUT2D eigenvalue weighted by Crippen LogP contribution is 2.15. The van der Waals surface area contributed by atoms with E-state index in [0.717, 1.165) is 6.54 Å². The van der Waals surface area contributed by atoms with Crippen molar-refractivity contribution in [2.45, 2.75) is 52.8 Å². The van der Waals surface area contributed by atoms with E-state index in [0.29, 0.717) is 26.3 Å². The maximum absolute atomic E-state index is 12.4. The van der Waals surface area contributed by atoms with Crippen molar-refractivity contribution in [1.82, 2.24) is 10.2 Å². The fourth-order valence-corrected chi connectivity index (χ4v) is 2.68. The van der Waals surface area contributed by atoms with Gasteiger partial charge in [0, 0.05) is 19.6 Å². The lowest BCUT2D eigenvalue weighted by Gasteiger charge is -2.36. The van der Waals surface area contributed by atoms with E-state index in [1.54, 1.807) is 4.90 Å². The third kappa shape index (κ3) is 5.49. The van der Waals surface area contributed by atoms with Crippen LogP contribution in [0, 0.1) is 13.8 Å². The van der Waals surface area contributed by atoms with E-state index in [-0.39, 0.29) is 12.1 Å². The van der Waals surface area contributed by atoms with Gasteiger partial charge in [0.25, 0.3) is 0 Å². The van der Waals surface area contributed by atoms with Crippen LogP contribution in [0.25, 0.3) is 0 Å². The van der Waals surface area contributed by atoms with Crippen LogP contribution in [0.1, 0.15) is 37.5 Å². The SMILES string of the molecule is Cc1ccc(CNCC2COCCN2C(=O)OC(C)(C)C)cc1C. The number of carbonyl (C=O) groups excluding carboxylic acids is 1. The number of aryl methyl sites for hydroxylation is 2. The summed E-state index contributed by atoms with van der Waals surface area (Å²) < 4.78 is 11.0. The molecule has 0 spiro atoms. The lowest BCUT2D eigenvalue weighted by Crippen LogP contribution is -2.54. The second-order valence-corrected chi connectivity index (χ2v) is 7.45. The summed E-state index contributed by atoms with van der Waals surface area (Å²) in [4.78, 5) is 14.1. The fraction of sp³-hybridized carbons (Fsp3) is 0.632. The van der Waals surface area contributed by atoms with Gasteiger partial charge in [-0.1, -0.05) is 18.2 Å². The van der Waals surface area contributed by atoms with Crippen LogP contribution in [0.4, 0.5) is 4.79 Å². The Kier molecular flexibility index (Phi) is 6.24. The molecule has 1 atom stereocenters. The van der Waals surface area contributed by atoms with Crippen LogP contribution in [-0.4, -0.2) is 48.9 Å². The zero-order valence-corrected chi connectivity index (χ0v) is 15.5. The maximum atomic E-state index is 12.4. The highest BCUT2D eigenvalue weighted by molar-refractivity contribution is 5.68. The molecule has 0 aromatic heterocycles. The molecule has 1 fully saturated rings. The molecule has 1 aliphatic rings. The summed E-state index contributed by atoms with van der Waals surface area (Å²) in [6.45, 7) is 13.0. The number of hydrogen-bond donors (Lipinski definition) is 1. The molecule has 0 radical (unpaired) electrons. The number of morpholine rings is 1. The summed E-state index contributed by atoms with van der Waals surface area (Å²) in [5, 5.41) is 3.44. The first kappa shape index (κ1) is 18.7. The van der Waals surface area contributed by atoms with Gasteiger partial charge in [0.05, 0.1) is 19.3 Å². The summed E-state index contributed by atoms with van der Waals surface area (Å²) in [5.74, 6) is 0. The molecule has 2 rings (SSSR count). The number of hydrogen-bond acceptors (Lipinski definition) is 4. The Hall–Kier alpha value is -1.59.